The van der Waals surface area contributed by atoms with Crippen molar-refractivity contribution in [3.05, 3.63) is 0 Å². The van der Waals surface area contributed by atoms with Gasteiger partial charge >= 0.3 is 5.97 Å². The van der Waals surface area contributed by atoms with Crippen molar-refractivity contribution in [1.29, 1.82) is 0 Å². The van der Waals surface area contributed by atoms with Crippen LogP contribution in [0.15, 0.2) is 0 Å². The Morgan fingerprint density at radius 1 is 1.45 bits per heavy atom. The quantitative estimate of drug-likeness (QED) is 0.757. The molecule has 0 aliphatic carbocycles. The van der Waals surface area contributed by atoms with Crippen molar-refractivity contribution in [2.45, 2.75) is 57.2 Å². The summed E-state index contributed by atoms with van der Waals surface area (Å²) < 4.78 is 4.75. The van der Waals surface area contributed by atoms with Crippen LogP contribution >= 0.6 is 0 Å². The maximum atomic E-state index is 11.6. The van der Waals surface area contributed by atoms with Crippen molar-refractivity contribution >= 4 is 5.97 Å². The SMILES string of the molecule is COC(=O)C(C)(N)CCCN1CC2CCCN2CC1C. The summed E-state index contributed by atoms with van der Waals surface area (Å²) in [4.78, 5) is 16.7. The number of ether oxygens (including phenoxy) is 1. The molecule has 0 aromatic rings. The van der Waals surface area contributed by atoms with Crippen molar-refractivity contribution in [3.63, 3.8) is 0 Å². The molecule has 0 radical (unpaired) electrons. The highest BCUT2D eigenvalue weighted by molar-refractivity contribution is 5.79. The van der Waals surface area contributed by atoms with E-state index in [0.717, 1.165) is 19.0 Å². The zero-order valence-electron chi connectivity index (χ0n) is 13.1. The standard InChI is InChI=1S/C15H29N3O2/c1-12-10-18-8-4-6-13(18)11-17(12)9-5-7-15(2,16)14(19)20-3/h12-13H,4-11,16H2,1-3H3. The van der Waals surface area contributed by atoms with E-state index in [1.54, 1.807) is 6.92 Å². The monoisotopic (exact) mass is 283 g/mol. The molecule has 0 spiro atoms. The molecule has 0 saturated carbocycles. The van der Waals surface area contributed by atoms with Gasteiger partial charge in [-0.3, -0.25) is 14.6 Å². The number of rotatable bonds is 5. The van der Waals surface area contributed by atoms with Crippen LogP contribution in [0.3, 0.4) is 0 Å². The predicted molar refractivity (Wildman–Crippen MR) is 79.5 cm³/mol. The molecule has 2 rings (SSSR count). The minimum atomic E-state index is -0.854. The number of nitrogens with two attached hydrogens (primary N) is 1. The van der Waals surface area contributed by atoms with Gasteiger partial charge in [0.2, 0.25) is 0 Å². The minimum Gasteiger partial charge on any atom is -0.468 e. The van der Waals surface area contributed by atoms with E-state index in [1.807, 2.05) is 0 Å². The third-order valence-corrected chi connectivity index (χ3v) is 4.86. The number of carbonyl (C=O) groups is 1. The molecule has 2 N–H and O–H groups in total. The molecule has 2 heterocycles. The topological polar surface area (TPSA) is 58.8 Å². The Morgan fingerprint density at radius 2 is 2.20 bits per heavy atom. The summed E-state index contributed by atoms with van der Waals surface area (Å²) in [7, 11) is 1.40. The van der Waals surface area contributed by atoms with Crippen LogP contribution in [0, 0.1) is 0 Å². The number of hydrogen-bond acceptors (Lipinski definition) is 5. The molecular weight excluding hydrogens is 254 g/mol. The van der Waals surface area contributed by atoms with Gasteiger partial charge in [-0.15, -0.1) is 0 Å². The predicted octanol–water partition coefficient (Wildman–Crippen LogP) is 0.826. The van der Waals surface area contributed by atoms with Crippen LogP contribution in [0.4, 0.5) is 0 Å². The summed E-state index contributed by atoms with van der Waals surface area (Å²) >= 11 is 0. The Hall–Kier alpha value is -0.650. The lowest BCUT2D eigenvalue weighted by Gasteiger charge is -2.42. The fraction of sp³-hybridized carbons (Fsp3) is 0.933. The Bertz CT molecular complexity index is 346. The molecule has 2 aliphatic heterocycles. The summed E-state index contributed by atoms with van der Waals surface area (Å²) in [5, 5.41) is 0. The Kier molecular flexibility index (Phi) is 5.04. The van der Waals surface area contributed by atoms with Gasteiger partial charge in [0.15, 0.2) is 0 Å². The molecule has 2 fully saturated rings. The molecule has 20 heavy (non-hydrogen) atoms. The van der Waals surface area contributed by atoms with Gasteiger partial charge in [-0.1, -0.05) is 0 Å². The van der Waals surface area contributed by atoms with Crippen LogP contribution in [-0.2, 0) is 9.53 Å². The van der Waals surface area contributed by atoms with Crippen molar-refractivity contribution in [1.82, 2.24) is 9.80 Å². The maximum Gasteiger partial charge on any atom is 0.325 e. The Morgan fingerprint density at radius 3 is 2.90 bits per heavy atom. The first kappa shape index (κ1) is 15.7. The molecule has 5 nitrogen and oxygen atoms in total. The molecule has 3 atom stereocenters. The van der Waals surface area contributed by atoms with E-state index in [2.05, 4.69) is 16.7 Å². The van der Waals surface area contributed by atoms with Crippen LogP contribution in [-0.4, -0.2) is 66.7 Å². The summed E-state index contributed by atoms with van der Waals surface area (Å²) in [6, 6.07) is 1.35. The van der Waals surface area contributed by atoms with Crippen molar-refractivity contribution in [2.75, 3.05) is 33.3 Å². The van der Waals surface area contributed by atoms with E-state index < -0.39 is 5.54 Å². The van der Waals surface area contributed by atoms with E-state index >= 15 is 0 Å². The van der Waals surface area contributed by atoms with E-state index in [-0.39, 0.29) is 5.97 Å². The van der Waals surface area contributed by atoms with Crippen molar-refractivity contribution in [2.24, 2.45) is 5.73 Å². The van der Waals surface area contributed by atoms with Crippen LogP contribution in [0.5, 0.6) is 0 Å². The second-order valence-corrected chi connectivity index (χ2v) is 6.65. The number of carbonyl (C=O) groups excluding carboxylic acids is 1. The summed E-state index contributed by atoms with van der Waals surface area (Å²) in [6.45, 7) is 8.71. The molecule has 5 heteroatoms. The lowest BCUT2D eigenvalue weighted by atomic mass is 9.96. The molecule has 2 saturated heterocycles. The lowest BCUT2D eigenvalue weighted by Crippen LogP contribution is -2.55. The van der Waals surface area contributed by atoms with Gasteiger partial charge in [-0.2, -0.15) is 0 Å². The molecule has 0 bridgehead atoms. The molecular formula is C15H29N3O2. The van der Waals surface area contributed by atoms with Gasteiger partial charge in [-0.05, 0) is 52.6 Å². The fourth-order valence-electron chi connectivity index (χ4n) is 3.54. The third kappa shape index (κ3) is 3.51. The summed E-state index contributed by atoms with van der Waals surface area (Å²) in [6.07, 6.45) is 4.30. The average Bonchev–Trinajstić information content (AvgIpc) is 2.84. The highest BCUT2D eigenvalue weighted by Gasteiger charge is 2.35. The van der Waals surface area contributed by atoms with E-state index in [4.69, 9.17) is 10.5 Å². The van der Waals surface area contributed by atoms with Crippen LogP contribution in [0.2, 0.25) is 0 Å². The lowest BCUT2D eigenvalue weighted by molar-refractivity contribution is -0.146. The smallest absolute Gasteiger partial charge is 0.325 e. The highest BCUT2D eigenvalue weighted by atomic mass is 16.5. The first-order valence-electron chi connectivity index (χ1n) is 7.79. The van der Waals surface area contributed by atoms with E-state index in [1.165, 1.54) is 39.6 Å². The number of hydrogen-bond donors (Lipinski definition) is 1. The third-order valence-electron chi connectivity index (χ3n) is 4.86. The van der Waals surface area contributed by atoms with Crippen molar-refractivity contribution in [3.8, 4) is 0 Å². The largest absolute Gasteiger partial charge is 0.468 e. The van der Waals surface area contributed by atoms with Gasteiger partial charge in [0, 0.05) is 25.2 Å². The fourth-order valence-corrected chi connectivity index (χ4v) is 3.54. The van der Waals surface area contributed by atoms with Gasteiger partial charge in [0.1, 0.15) is 5.54 Å². The van der Waals surface area contributed by atoms with E-state index in [9.17, 15) is 4.79 Å². The second-order valence-electron chi connectivity index (χ2n) is 6.65. The number of piperazine rings is 1. The molecule has 0 amide bonds. The molecule has 0 aromatic heterocycles. The van der Waals surface area contributed by atoms with Crippen LogP contribution in [0.1, 0.15) is 39.5 Å². The van der Waals surface area contributed by atoms with Gasteiger partial charge < -0.3 is 10.5 Å². The van der Waals surface area contributed by atoms with Crippen molar-refractivity contribution < 1.29 is 9.53 Å². The van der Waals surface area contributed by atoms with Gasteiger partial charge in [0.05, 0.1) is 7.11 Å². The van der Waals surface area contributed by atoms with Gasteiger partial charge in [-0.25, -0.2) is 0 Å². The maximum absolute atomic E-state index is 11.6. The number of fused-ring (bicyclic) bond motifs is 1. The second kappa shape index (κ2) is 6.41. The first-order chi connectivity index (χ1) is 9.44. The van der Waals surface area contributed by atoms with Crippen LogP contribution < -0.4 is 5.73 Å². The zero-order valence-corrected chi connectivity index (χ0v) is 13.1. The number of esters is 1. The Balaban J connectivity index is 1.77. The molecule has 116 valence electrons. The highest BCUT2D eigenvalue weighted by Crippen LogP contribution is 2.25. The zero-order chi connectivity index (χ0) is 14.8. The van der Waals surface area contributed by atoms with Crippen LogP contribution in [0.25, 0.3) is 0 Å². The molecule has 0 aromatic carbocycles. The number of nitrogens with zero attached hydrogens (tertiary/aromatic N) is 2. The molecule has 3 unspecified atom stereocenters. The number of methoxy groups -OCH3 is 1. The average molecular weight is 283 g/mol. The molecule has 2 aliphatic rings. The Labute approximate surface area is 122 Å². The summed E-state index contributed by atoms with van der Waals surface area (Å²) in [5.74, 6) is -0.314. The first-order valence-corrected chi connectivity index (χ1v) is 7.79. The van der Waals surface area contributed by atoms with E-state index in [0.29, 0.717) is 12.5 Å². The normalized spacial score (nSPS) is 30.8. The minimum absolute atomic E-state index is 0.314. The summed E-state index contributed by atoms with van der Waals surface area (Å²) in [5.41, 5.74) is 5.15. The van der Waals surface area contributed by atoms with Gasteiger partial charge in [0.25, 0.3) is 0 Å².